The first kappa shape index (κ1) is 19.3. The van der Waals surface area contributed by atoms with Crippen molar-refractivity contribution in [1.29, 1.82) is 0 Å². The topological polar surface area (TPSA) is 94.5 Å². The molecule has 0 spiro atoms. The maximum absolute atomic E-state index is 12.6. The quantitative estimate of drug-likeness (QED) is 0.788. The number of nitrogens with one attached hydrogen (secondary N) is 2. The van der Waals surface area contributed by atoms with Crippen molar-refractivity contribution in [2.45, 2.75) is 13.8 Å². The van der Waals surface area contributed by atoms with E-state index in [1.165, 1.54) is 25.1 Å². The van der Waals surface area contributed by atoms with Crippen molar-refractivity contribution < 1.29 is 19.1 Å². The lowest BCUT2D eigenvalue weighted by Crippen LogP contribution is -2.30. The number of nitrogens with zero attached hydrogens (tertiary/aromatic N) is 2. The molecule has 0 aliphatic rings. The number of rotatable bonds is 7. The van der Waals surface area contributed by atoms with Crippen LogP contribution in [0.2, 0.25) is 0 Å². The predicted octanol–water partition coefficient (Wildman–Crippen LogP) is 2.08. The molecule has 0 fully saturated rings. The van der Waals surface area contributed by atoms with E-state index in [1.54, 1.807) is 25.2 Å². The molecule has 2 amide bonds. The number of aryl methyl sites for hydroxylation is 1. The highest BCUT2D eigenvalue weighted by atomic mass is 16.5. The Morgan fingerprint density at radius 1 is 1.19 bits per heavy atom. The van der Waals surface area contributed by atoms with E-state index in [0.29, 0.717) is 35.2 Å². The standard InChI is InChI=1S/C18H24N4O4/c1-11(2)9-19-18(24)16-14(10-20-22(16)3)21-17(23)13-7-6-12(25-4)8-15(13)26-5/h6-8,10-11H,9H2,1-5H3,(H,19,24)(H,21,23). The molecule has 8 heteroatoms. The Bertz CT molecular complexity index is 798. The van der Waals surface area contributed by atoms with Crippen LogP contribution in [0.3, 0.4) is 0 Å². The van der Waals surface area contributed by atoms with Crippen LogP contribution in [-0.2, 0) is 7.05 Å². The second-order valence-electron chi connectivity index (χ2n) is 6.15. The van der Waals surface area contributed by atoms with Crippen LogP contribution in [0.4, 0.5) is 5.69 Å². The van der Waals surface area contributed by atoms with E-state index in [0.717, 1.165) is 0 Å². The number of hydrogen-bond donors (Lipinski definition) is 2. The second kappa shape index (κ2) is 8.37. The lowest BCUT2D eigenvalue weighted by Gasteiger charge is -2.12. The summed E-state index contributed by atoms with van der Waals surface area (Å²) in [5, 5.41) is 9.62. The number of carbonyl (C=O) groups excluding carboxylic acids is 2. The highest BCUT2D eigenvalue weighted by molar-refractivity contribution is 6.09. The third kappa shape index (κ3) is 4.33. The predicted molar refractivity (Wildman–Crippen MR) is 97.9 cm³/mol. The van der Waals surface area contributed by atoms with Crippen molar-refractivity contribution in [1.82, 2.24) is 15.1 Å². The molecule has 0 bridgehead atoms. The minimum atomic E-state index is -0.407. The molecule has 0 saturated carbocycles. The van der Waals surface area contributed by atoms with Crippen LogP contribution >= 0.6 is 0 Å². The van der Waals surface area contributed by atoms with Crippen LogP contribution in [0.25, 0.3) is 0 Å². The third-order valence-corrected chi connectivity index (χ3v) is 3.73. The Hall–Kier alpha value is -3.03. The Balaban J connectivity index is 2.24. The first-order chi connectivity index (χ1) is 12.4. The van der Waals surface area contributed by atoms with Crippen LogP contribution < -0.4 is 20.1 Å². The molecule has 0 aliphatic heterocycles. The third-order valence-electron chi connectivity index (χ3n) is 3.73. The Kier molecular flexibility index (Phi) is 6.21. The molecule has 8 nitrogen and oxygen atoms in total. The fourth-order valence-corrected chi connectivity index (χ4v) is 2.35. The van der Waals surface area contributed by atoms with Crippen molar-refractivity contribution in [2.24, 2.45) is 13.0 Å². The van der Waals surface area contributed by atoms with Gasteiger partial charge in [0.05, 0.1) is 31.7 Å². The second-order valence-corrected chi connectivity index (χ2v) is 6.15. The average molecular weight is 360 g/mol. The highest BCUT2D eigenvalue weighted by Crippen LogP contribution is 2.26. The van der Waals surface area contributed by atoms with Gasteiger partial charge in [-0.05, 0) is 18.1 Å². The summed E-state index contributed by atoms with van der Waals surface area (Å²) in [5.41, 5.74) is 0.939. The lowest BCUT2D eigenvalue weighted by atomic mass is 10.1. The zero-order valence-electron chi connectivity index (χ0n) is 15.6. The van der Waals surface area contributed by atoms with E-state index in [1.807, 2.05) is 13.8 Å². The van der Waals surface area contributed by atoms with Crippen molar-refractivity contribution >= 4 is 17.5 Å². The first-order valence-corrected chi connectivity index (χ1v) is 8.21. The molecule has 1 aromatic carbocycles. The van der Waals surface area contributed by atoms with Crippen LogP contribution in [0.5, 0.6) is 11.5 Å². The van der Waals surface area contributed by atoms with E-state index in [2.05, 4.69) is 15.7 Å². The Morgan fingerprint density at radius 2 is 1.92 bits per heavy atom. The maximum atomic E-state index is 12.6. The summed E-state index contributed by atoms with van der Waals surface area (Å²) in [4.78, 5) is 25.1. The van der Waals surface area contributed by atoms with Crippen molar-refractivity contribution in [3.8, 4) is 11.5 Å². The summed E-state index contributed by atoms with van der Waals surface area (Å²) in [6, 6.07) is 4.88. The minimum absolute atomic E-state index is 0.284. The molecule has 0 atom stereocenters. The number of methoxy groups -OCH3 is 2. The van der Waals surface area contributed by atoms with Gasteiger partial charge in [-0.2, -0.15) is 5.10 Å². The van der Waals surface area contributed by atoms with E-state index >= 15 is 0 Å². The number of aromatic nitrogens is 2. The molecule has 1 aromatic heterocycles. The van der Waals surface area contributed by atoms with Gasteiger partial charge in [-0.25, -0.2) is 0 Å². The molecule has 2 N–H and O–H groups in total. The normalized spacial score (nSPS) is 10.5. The number of amides is 2. The van der Waals surface area contributed by atoms with Gasteiger partial charge in [0, 0.05) is 19.7 Å². The van der Waals surface area contributed by atoms with Gasteiger partial charge in [0.2, 0.25) is 0 Å². The van der Waals surface area contributed by atoms with E-state index < -0.39 is 5.91 Å². The van der Waals surface area contributed by atoms with Gasteiger partial charge < -0.3 is 20.1 Å². The first-order valence-electron chi connectivity index (χ1n) is 8.21. The largest absolute Gasteiger partial charge is 0.497 e. The molecular formula is C18H24N4O4. The molecule has 0 saturated heterocycles. The minimum Gasteiger partial charge on any atom is -0.497 e. The summed E-state index contributed by atoms with van der Waals surface area (Å²) in [5.74, 6) is 0.560. The fraction of sp³-hybridized carbons (Fsp3) is 0.389. The van der Waals surface area contributed by atoms with Gasteiger partial charge in [0.1, 0.15) is 17.2 Å². The Labute approximate surface area is 152 Å². The SMILES string of the molecule is COc1ccc(C(=O)Nc2cnn(C)c2C(=O)NCC(C)C)c(OC)c1. The summed E-state index contributed by atoms with van der Waals surface area (Å²) >= 11 is 0. The average Bonchev–Trinajstić information content (AvgIpc) is 2.99. The smallest absolute Gasteiger partial charge is 0.271 e. The number of ether oxygens (including phenoxy) is 2. The van der Waals surface area contributed by atoms with Gasteiger partial charge in [-0.1, -0.05) is 13.8 Å². The molecule has 0 aliphatic carbocycles. The van der Waals surface area contributed by atoms with Gasteiger partial charge in [-0.3, -0.25) is 14.3 Å². The highest BCUT2D eigenvalue weighted by Gasteiger charge is 2.21. The molecule has 140 valence electrons. The van der Waals surface area contributed by atoms with Crippen molar-refractivity contribution in [2.75, 3.05) is 26.1 Å². The van der Waals surface area contributed by atoms with Crippen LogP contribution in [0, 0.1) is 5.92 Å². The van der Waals surface area contributed by atoms with Gasteiger partial charge in [0.25, 0.3) is 11.8 Å². The van der Waals surface area contributed by atoms with Gasteiger partial charge >= 0.3 is 0 Å². The van der Waals surface area contributed by atoms with E-state index in [9.17, 15) is 9.59 Å². The number of hydrogen-bond acceptors (Lipinski definition) is 5. The molecule has 2 rings (SSSR count). The summed E-state index contributed by atoms with van der Waals surface area (Å²) in [6.45, 7) is 4.54. The molecule has 0 radical (unpaired) electrons. The zero-order chi connectivity index (χ0) is 19.3. The monoisotopic (exact) mass is 360 g/mol. The lowest BCUT2D eigenvalue weighted by molar-refractivity contribution is 0.0940. The van der Waals surface area contributed by atoms with Crippen molar-refractivity contribution in [3.63, 3.8) is 0 Å². The fourth-order valence-electron chi connectivity index (χ4n) is 2.35. The van der Waals surface area contributed by atoms with Crippen LogP contribution in [0.15, 0.2) is 24.4 Å². The van der Waals surface area contributed by atoms with E-state index in [4.69, 9.17) is 9.47 Å². The summed E-state index contributed by atoms with van der Waals surface area (Å²) in [6.07, 6.45) is 1.44. The maximum Gasteiger partial charge on any atom is 0.271 e. The summed E-state index contributed by atoms with van der Waals surface area (Å²) in [7, 11) is 4.65. The van der Waals surface area contributed by atoms with Gasteiger partial charge in [-0.15, -0.1) is 0 Å². The number of carbonyl (C=O) groups is 2. The molecule has 0 unspecified atom stereocenters. The molecular weight excluding hydrogens is 336 g/mol. The molecule has 2 aromatic rings. The number of benzene rings is 1. The summed E-state index contributed by atoms with van der Waals surface area (Å²) < 4.78 is 11.8. The zero-order valence-corrected chi connectivity index (χ0v) is 15.6. The van der Waals surface area contributed by atoms with Crippen molar-refractivity contribution in [3.05, 3.63) is 35.7 Å². The number of anilines is 1. The molecule has 26 heavy (non-hydrogen) atoms. The van der Waals surface area contributed by atoms with Gasteiger partial charge in [0.15, 0.2) is 0 Å². The Morgan fingerprint density at radius 3 is 2.54 bits per heavy atom. The van der Waals surface area contributed by atoms with Crippen LogP contribution in [0.1, 0.15) is 34.7 Å². The molecule has 1 heterocycles. The van der Waals surface area contributed by atoms with E-state index in [-0.39, 0.29) is 11.6 Å². The van der Waals surface area contributed by atoms with Crippen LogP contribution in [-0.4, -0.2) is 42.4 Å².